The second kappa shape index (κ2) is 11.2. The Labute approximate surface area is 194 Å². The Balaban J connectivity index is 1.63. The van der Waals surface area contributed by atoms with E-state index < -0.39 is 5.92 Å². The molecule has 1 saturated heterocycles. The Morgan fingerprint density at radius 3 is 2.66 bits per heavy atom. The maximum Gasteiger partial charge on any atom is 0.229 e. The lowest BCUT2D eigenvalue weighted by Crippen LogP contribution is -2.28. The largest absolute Gasteiger partial charge is 0.493 e. The number of methoxy groups -OCH3 is 1. The number of amides is 2. The first-order valence-electron chi connectivity index (χ1n) is 10.8. The maximum absolute atomic E-state index is 12.9. The van der Waals surface area contributed by atoms with E-state index in [1.54, 1.807) is 48.4 Å². The van der Waals surface area contributed by atoms with Crippen LogP contribution < -0.4 is 19.7 Å². The minimum atomic E-state index is -0.449. The fourth-order valence-electron chi connectivity index (χ4n) is 3.71. The smallest absolute Gasteiger partial charge is 0.229 e. The molecule has 1 atom stereocenters. The lowest BCUT2D eigenvalue weighted by molar-refractivity contribution is -0.122. The summed E-state index contributed by atoms with van der Waals surface area (Å²) >= 11 is 6.04. The van der Waals surface area contributed by atoms with Crippen LogP contribution in [0.4, 0.5) is 11.4 Å². The van der Waals surface area contributed by atoms with Gasteiger partial charge in [-0.15, -0.1) is 0 Å². The summed E-state index contributed by atoms with van der Waals surface area (Å²) in [6.45, 7) is 7.77. The molecule has 2 aromatic carbocycles. The summed E-state index contributed by atoms with van der Waals surface area (Å²) in [6.07, 6.45) is 0.154. The number of rotatable bonds is 10. The highest BCUT2D eigenvalue weighted by atomic mass is 35.5. The molecule has 2 amide bonds. The molecule has 2 aromatic rings. The van der Waals surface area contributed by atoms with Crippen LogP contribution in [0, 0.1) is 5.92 Å². The topological polar surface area (TPSA) is 71.1 Å². The van der Waals surface area contributed by atoms with Gasteiger partial charge >= 0.3 is 0 Å². The molecule has 3 rings (SSSR count). The van der Waals surface area contributed by atoms with E-state index in [1.165, 1.54) is 0 Å². The highest BCUT2D eigenvalue weighted by Gasteiger charge is 2.35. The molecule has 0 bridgehead atoms. The number of anilines is 2. The van der Waals surface area contributed by atoms with Crippen molar-refractivity contribution in [2.75, 3.05) is 50.1 Å². The molecule has 172 valence electrons. The number of benzene rings is 2. The fourth-order valence-corrected chi connectivity index (χ4v) is 3.90. The van der Waals surface area contributed by atoms with Crippen molar-refractivity contribution >= 4 is 34.8 Å². The fraction of sp³-hybridized carbons (Fsp3) is 0.417. The number of carbonyl (C=O) groups is 2. The molecule has 0 aliphatic carbocycles. The average Bonchev–Trinajstić information content (AvgIpc) is 3.19. The van der Waals surface area contributed by atoms with Crippen LogP contribution in [-0.4, -0.2) is 56.6 Å². The van der Waals surface area contributed by atoms with Crippen LogP contribution >= 0.6 is 11.6 Å². The van der Waals surface area contributed by atoms with Crippen LogP contribution in [0.3, 0.4) is 0 Å². The van der Waals surface area contributed by atoms with Crippen LogP contribution in [0.2, 0.25) is 5.02 Å². The number of carbonyl (C=O) groups excluding carboxylic acids is 2. The standard InChI is InChI=1S/C24H30ClN3O4/c1-4-27(5-2)11-12-32-22-15-19(9-10-21(22)31-3)26-24(30)17-13-23(29)28(16-17)20-8-6-7-18(25)14-20/h6-10,14-15,17H,4-5,11-13,16H2,1-3H3,(H,26,30). The van der Waals surface area contributed by atoms with Crippen LogP contribution in [-0.2, 0) is 9.59 Å². The molecule has 7 nitrogen and oxygen atoms in total. The number of halogens is 1. The number of ether oxygens (including phenoxy) is 2. The van der Waals surface area contributed by atoms with Crippen LogP contribution in [0.1, 0.15) is 20.3 Å². The van der Waals surface area contributed by atoms with E-state index in [0.717, 1.165) is 19.6 Å². The Morgan fingerprint density at radius 2 is 1.97 bits per heavy atom. The van der Waals surface area contributed by atoms with Gasteiger partial charge in [-0.2, -0.15) is 0 Å². The summed E-state index contributed by atoms with van der Waals surface area (Å²) < 4.78 is 11.3. The Kier molecular flexibility index (Phi) is 8.36. The van der Waals surface area contributed by atoms with Gasteiger partial charge in [0, 0.05) is 42.0 Å². The van der Waals surface area contributed by atoms with Crippen LogP contribution in [0.25, 0.3) is 0 Å². The predicted molar refractivity (Wildman–Crippen MR) is 127 cm³/mol. The average molecular weight is 460 g/mol. The zero-order chi connectivity index (χ0) is 23.1. The zero-order valence-electron chi connectivity index (χ0n) is 18.8. The molecule has 1 aliphatic heterocycles. The second-order valence-electron chi connectivity index (χ2n) is 7.62. The van der Waals surface area contributed by atoms with Gasteiger partial charge in [0.1, 0.15) is 6.61 Å². The predicted octanol–water partition coefficient (Wildman–Crippen LogP) is 4.06. The maximum atomic E-state index is 12.9. The molecule has 0 spiro atoms. The minimum absolute atomic E-state index is 0.0948. The molecule has 8 heteroatoms. The third-order valence-corrected chi connectivity index (χ3v) is 5.84. The Hall–Kier alpha value is -2.77. The third kappa shape index (κ3) is 5.93. The molecule has 0 radical (unpaired) electrons. The number of likely N-dealkylation sites (N-methyl/N-ethyl adjacent to an activating group) is 1. The van der Waals surface area contributed by atoms with Gasteiger partial charge in [-0.25, -0.2) is 0 Å². The van der Waals surface area contributed by atoms with Crippen molar-refractivity contribution < 1.29 is 19.1 Å². The summed E-state index contributed by atoms with van der Waals surface area (Å²) in [6, 6.07) is 12.4. The molecule has 1 unspecified atom stereocenters. The molecule has 0 aromatic heterocycles. The monoisotopic (exact) mass is 459 g/mol. The summed E-state index contributed by atoms with van der Waals surface area (Å²) in [5, 5.41) is 3.46. The van der Waals surface area contributed by atoms with Gasteiger partial charge in [0.05, 0.1) is 13.0 Å². The number of hydrogen-bond donors (Lipinski definition) is 1. The molecular weight excluding hydrogens is 430 g/mol. The summed E-state index contributed by atoms with van der Waals surface area (Å²) in [4.78, 5) is 29.2. The normalized spacial score (nSPS) is 15.8. The van der Waals surface area contributed by atoms with Crippen molar-refractivity contribution in [3.05, 3.63) is 47.5 Å². The number of nitrogens with one attached hydrogen (secondary N) is 1. The highest BCUT2D eigenvalue weighted by Crippen LogP contribution is 2.32. The van der Waals surface area contributed by atoms with Crippen molar-refractivity contribution in [2.45, 2.75) is 20.3 Å². The van der Waals surface area contributed by atoms with Gasteiger partial charge in [-0.05, 0) is 43.4 Å². The van der Waals surface area contributed by atoms with Crippen molar-refractivity contribution in [3.8, 4) is 11.5 Å². The molecule has 1 N–H and O–H groups in total. The van der Waals surface area contributed by atoms with E-state index in [9.17, 15) is 9.59 Å². The summed E-state index contributed by atoms with van der Waals surface area (Å²) in [7, 11) is 1.58. The molecule has 1 aliphatic rings. The zero-order valence-corrected chi connectivity index (χ0v) is 19.5. The molecule has 0 saturated carbocycles. The van der Waals surface area contributed by atoms with Gasteiger partial charge in [0.2, 0.25) is 11.8 Å². The Bertz CT molecular complexity index is 949. The van der Waals surface area contributed by atoms with Gasteiger partial charge in [-0.1, -0.05) is 31.5 Å². The van der Waals surface area contributed by atoms with Crippen molar-refractivity contribution in [1.29, 1.82) is 0 Å². The van der Waals surface area contributed by atoms with Gasteiger partial charge in [-0.3, -0.25) is 9.59 Å². The van der Waals surface area contributed by atoms with Crippen LogP contribution in [0.5, 0.6) is 11.5 Å². The van der Waals surface area contributed by atoms with Crippen LogP contribution in [0.15, 0.2) is 42.5 Å². The first-order chi connectivity index (χ1) is 15.4. The second-order valence-corrected chi connectivity index (χ2v) is 8.05. The SMILES string of the molecule is CCN(CC)CCOc1cc(NC(=O)C2CC(=O)N(c3cccc(Cl)c3)C2)ccc1OC. The Morgan fingerprint density at radius 1 is 1.19 bits per heavy atom. The van der Waals surface area contributed by atoms with Crippen molar-refractivity contribution in [3.63, 3.8) is 0 Å². The van der Waals surface area contributed by atoms with E-state index >= 15 is 0 Å². The van der Waals surface area contributed by atoms with E-state index in [0.29, 0.717) is 41.0 Å². The lowest BCUT2D eigenvalue weighted by atomic mass is 10.1. The van der Waals surface area contributed by atoms with Crippen molar-refractivity contribution in [1.82, 2.24) is 4.90 Å². The minimum Gasteiger partial charge on any atom is -0.493 e. The summed E-state index contributed by atoms with van der Waals surface area (Å²) in [5.41, 5.74) is 1.30. The quantitative estimate of drug-likeness (QED) is 0.580. The number of hydrogen-bond acceptors (Lipinski definition) is 5. The summed E-state index contributed by atoms with van der Waals surface area (Å²) in [5.74, 6) is 0.423. The van der Waals surface area contributed by atoms with E-state index in [4.69, 9.17) is 21.1 Å². The van der Waals surface area contributed by atoms with E-state index in [1.807, 2.05) is 6.07 Å². The first-order valence-corrected chi connectivity index (χ1v) is 11.2. The van der Waals surface area contributed by atoms with Gasteiger partial charge < -0.3 is 24.6 Å². The molecular formula is C24H30ClN3O4. The molecule has 32 heavy (non-hydrogen) atoms. The van der Waals surface area contributed by atoms with Gasteiger partial charge in [0.25, 0.3) is 0 Å². The molecule has 1 fully saturated rings. The number of nitrogens with zero attached hydrogens (tertiary/aromatic N) is 2. The van der Waals surface area contributed by atoms with Gasteiger partial charge in [0.15, 0.2) is 11.5 Å². The highest BCUT2D eigenvalue weighted by molar-refractivity contribution is 6.31. The lowest BCUT2D eigenvalue weighted by Gasteiger charge is -2.19. The van der Waals surface area contributed by atoms with Crippen molar-refractivity contribution in [2.24, 2.45) is 5.92 Å². The third-order valence-electron chi connectivity index (χ3n) is 5.61. The van der Waals surface area contributed by atoms with E-state index in [2.05, 4.69) is 24.1 Å². The first kappa shape index (κ1) is 23.9. The molecule has 1 heterocycles. The van der Waals surface area contributed by atoms with E-state index in [-0.39, 0.29) is 18.2 Å².